The van der Waals surface area contributed by atoms with Crippen LogP contribution in [-0.2, 0) is 32.9 Å². The van der Waals surface area contributed by atoms with Crippen molar-refractivity contribution in [2.45, 2.75) is 213 Å². The maximum Gasteiger partial charge on any atom is 3.00 e. The van der Waals surface area contributed by atoms with Crippen LogP contribution in [0.25, 0.3) is 0 Å². The molecule has 0 saturated heterocycles. The summed E-state index contributed by atoms with van der Waals surface area (Å²) in [5.74, 6) is -2.73. The SMILES string of the molecule is CCCCCCCCCCCC(=O)[O-].CCCCCCCCCCCC(=O)[O-].CCCCCCCCCCCC(=O)[O-].[V+3]. The third-order valence-electron chi connectivity index (χ3n) is 7.45. The van der Waals surface area contributed by atoms with Crippen LogP contribution in [0.1, 0.15) is 213 Å². The fourth-order valence-corrected chi connectivity index (χ4v) is 4.74. The van der Waals surface area contributed by atoms with Crippen LogP contribution in [0.2, 0.25) is 0 Å². The Kier molecular flexibility index (Phi) is 51.6. The number of hydrogen-bond donors (Lipinski definition) is 0. The minimum Gasteiger partial charge on any atom is -0.550 e. The van der Waals surface area contributed by atoms with Crippen molar-refractivity contribution in [3.8, 4) is 0 Å². The van der Waals surface area contributed by atoms with Crippen LogP contribution in [0.15, 0.2) is 0 Å². The molecule has 0 atom stereocenters. The summed E-state index contributed by atoms with van der Waals surface area (Å²) in [4.78, 5) is 30.3. The third-order valence-corrected chi connectivity index (χ3v) is 7.45. The molecule has 0 aliphatic carbocycles. The van der Waals surface area contributed by atoms with Crippen molar-refractivity contribution < 1.29 is 48.3 Å². The van der Waals surface area contributed by atoms with Crippen molar-refractivity contribution in [1.29, 1.82) is 0 Å². The maximum absolute atomic E-state index is 10.1. The van der Waals surface area contributed by atoms with Crippen LogP contribution in [0, 0.1) is 0 Å². The number of hydrogen-bond acceptors (Lipinski definition) is 6. The van der Waals surface area contributed by atoms with Crippen molar-refractivity contribution in [3.63, 3.8) is 0 Å². The van der Waals surface area contributed by atoms with Gasteiger partial charge in [0.15, 0.2) is 0 Å². The summed E-state index contributed by atoms with van der Waals surface area (Å²) >= 11 is 0. The summed E-state index contributed by atoms with van der Waals surface area (Å²) < 4.78 is 0. The Bertz CT molecular complexity index is 480. The van der Waals surface area contributed by atoms with Crippen LogP contribution < -0.4 is 15.3 Å². The molecule has 7 heteroatoms. The number of carbonyl (C=O) groups is 3. The van der Waals surface area contributed by atoms with E-state index in [4.69, 9.17) is 0 Å². The summed E-state index contributed by atoms with van der Waals surface area (Å²) in [7, 11) is 0. The number of carboxylic acids is 3. The molecule has 0 bridgehead atoms. The second kappa shape index (κ2) is 45.4. The second-order valence-electron chi connectivity index (χ2n) is 11.9. The van der Waals surface area contributed by atoms with Crippen LogP contribution in [-0.4, -0.2) is 17.9 Å². The van der Waals surface area contributed by atoms with E-state index in [-0.39, 0.29) is 37.8 Å². The molecule has 0 saturated carbocycles. The second-order valence-corrected chi connectivity index (χ2v) is 11.9. The monoisotopic (exact) mass is 648 g/mol. The van der Waals surface area contributed by atoms with E-state index < -0.39 is 17.9 Å². The van der Waals surface area contributed by atoms with Gasteiger partial charge in [0.25, 0.3) is 0 Å². The average Bonchev–Trinajstić information content (AvgIpc) is 2.95. The van der Waals surface area contributed by atoms with E-state index in [1.165, 1.54) is 135 Å². The normalized spacial score (nSPS) is 10.1. The molecule has 0 aromatic rings. The smallest absolute Gasteiger partial charge is 0.550 e. The first kappa shape index (κ1) is 48.9. The van der Waals surface area contributed by atoms with Crippen LogP contribution >= 0.6 is 0 Å². The minimum absolute atomic E-state index is 0. The number of unbranched alkanes of at least 4 members (excludes halogenated alkanes) is 24. The number of carboxylic acid groups (broad SMARTS) is 3. The first-order valence-electron chi connectivity index (χ1n) is 17.9. The average molecular weight is 649 g/mol. The summed E-state index contributed by atoms with van der Waals surface area (Å²) in [6.45, 7) is 6.67. The molecule has 0 aromatic carbocycles. The van der Waals surface area contributed by atoms with Gasteiger partial charge in [-0.2, -0.15) is 0 Å². The minimum atomic E-state index is -0.909. The van der Waals surface area contributed by atoms with E-state index in [9.17, 15) is 29.7 Å². The summed E-state index contributed by atoms with van der Waals surface area (Å²) in [6, 6.07) is 0. The van der Waals surface area contributed by atoms with E-state index in [0.717, 1.165) is 38.5 Å². The van der Waals surface area contributed by atoms with Crippen molar-refractivity contribution >= 4 is 17.9 Å². The summed E-state index contributed by atoms with van der Waals surface area (Å²) in [5, 5.41) is 30.3. The van der Waals surface area contributed by atoms with E-state index in [2.05, 4.69) is 20.8 Å². The molecule has 0 radical (unpaired) electrons. The third kappa shape index (κ3) is 60.9. The molecule has 0 amide bonds. The van der Waals surface area contributed by atoms with Gasteiger partial charge >= 0.3 is 18.6 Å². The molecule has 0 unspecified atom stereocenters. The van der Waals surface area contributed by atoms with Crippen LogP contribution in [0.4, 0.5) is 0 Å². The molecule has 0 spiro atoms. The molecule has 0 aliphatic rings. The Balaban J connectivity index is -0.000000262. The van der Waals surface area contributed by atoms with Crippen molar-refractivity contribution in [2.24, 2.45) is 0 Å². The van der Waals surface area contributed by atoms with Crippen molar-refractivity contribution in [1.82, 2.24) is 0 Å². The first-order chi connectivity index (χ1) is 20.3. The Labute approximate surface area is 278 Å². The van der Waals surface area contributed by atoms with Gasteiger partial charge in [-0.25, -0.2) is 0 Å². The molecule has 0 rings (SSSR count). The standard InChI is InChI=1S/3C12H24O2.V/c3*1-2-3-4-5-6-7-8-9-10-11-12(13)14;/h3*2-11H2,1H3,(H,13,14);/q;;;+3/p-3. The van der Waals surface area contributed by atoms with Crippen molar-refractivity contribution in [2.75, 3.05) is 0 Å². The molecule has 0 aromatic heterocycles. The quantitative estimate of drug-likeness (QED) is 0.0729. The molecule has 6 nitrogen and oxygen atoms in total. The van der Waals surface area contributed by atoms with Gasteiger partial charge in [0.2, 0.25) is 0 Å². The fourth-order valence-electron chi connectivity index (χ4n) is 4.74. The first-order valence-corrected chi connectivity index (χ1v) is 17.9. The van der Waals surface area contributed by atoms with Crippen LogP contribution in [0.3, 0.4) is 0 Å². The topological polar surface area (TPSA) is 120 Å². The van der Waals surface area contributed by atoms with E-state index in [1.807, 2.05) is 0 Å². The van der Waals surface area contributed by atoms with Gasteiger partial charge in [0.1, 0.15) is 0 Å². The van der Waals surface area contributed by atoms with Gasteiger partial charge in [-0.05, 0) is 38.5 Å². The Hall–Kier alpha value is -1.01. The molecular formula is C36H69O6V. The molecule has 0 fully saturated rings. The van der Waals surface area contributed by atoms with E-state index >= 15 is 0 Å². The Morgan fingerprint density at radius 2 is 0.442 bits per heavy atom. The zero-order chi connectivity index (χ0) is 31.9. The van der Waals surface area contributed by atoms with E-state index in [1.54, 1.807) is 0 Å². The van der Waals surface area contributed by atoms with Gasteiger partial charge in [-0.3, -0.25) is 0 Å². The van der Waals surface area contributed by atoms with E-state index in [0.29, 0.717) is 0 Å². The Morgan fingerprint density at radius 1 is 0.302 bits per heavy atom. The van der Waals surface area contributed by atoms with Gasteiger partial charge in [0, 0.05) is 17.9 Å². The van der Waals surface area contributed by atoms with Gasteiger partial charge in [-0.1, -0.05) is 175 Å². The molecule has 0 N–H and O–H groups in total. The van der Waals surface area contributed by atoms with Crippen LogP contribution in [0.5, 0.6) is 0 Å². The maximum atomic E-state index is 10.1. The predicted octanol–water partition coefficient (Wildman–Crippen LogP) is 7.97. The number of aliphatic carboxylic acids is 3. The number of rotatable bonds is 30. The zero-order valence-electron chi connectivity index (χ0n) is 28.6. The van der Waals surface area contributed by atoms with Gasteiger partial charge in [0.05, 0.1) is 0 Å². The molecule has 0 aliphatic heterocycles. The fraction of sp³-hybridized carbons (Fsp3) is 0.917. The van der Waals surface area contributed by atoms with Gasteiger partial charge < -0.3 is 29.7 Å². The van der Waals surface area contributed by atoms with Gasteiger partial charge in [-0.15, -0.1) is 0 Å². The Morgan fingerprint density at radius 3 is 0.581 bits per heavy atom. The molecule has 43 heavy (non-hydrogen) atoms. The van der Waals surface area contributed by atoms with Crippen molar-refractivity contribution in [3.05, 3.63) is 0 Å². The summed E-state index contributed by atoms with van der Waals surface area (Å²) in [5.41, 5.74) is 0. The predicted molar refractivity (Wildman–Crippen MR) is 171 cm³/mol. The number of carbonyl (C=O) groups excluding carboxylic acids is 3. The molecular weight excluding hydrogens is 579 g/mol. The zero-order valence-corrected chi connectivity index (χ0v) is 30.0. The molecule has 254 valence electrons. The summed E-state index contributed by atoms with van der Waals surface area (Å²) in [6.07, 6.45) is 33.5. The largest absolute Gasteiger partial charge is 3.00 e. The molecule has 0 heterocycles.